The number of nitrogens with one attached hydrogen (secondary N) is 3. The summed E-state index contributed by atoms with van der Waals surface area (Å²) in [6.07, 6.45) is 10.1. The van der Waals surface area contributed by atoms with Gasteiger partial charge in [0.15, 0.2) is 5.78 Å². The van der Waals surface area contributed by atoms with Gasteiger partial charge in [-0.2, -0.15) is 0 Å². The van der Waals surface area contributed by atoms with Crippen molar-refractivity contribution in [1.82, 2.24) is 20.6 Å². The van der Waals surface area contributed by atoms with Crippen LogP contribution in [0.1, 0.15) is 110 Å². The molecule has 54 heavy (non-hydrogen) atoms. The van der Waals surface area contributed by atoms with E-state index in [9.17, 15) is 4.79 Å². The van der Waals surface area contributed by atoms with Gasteiger partial charge in [0, 0.05) is 55.9 Å². The molecule has 2 aromatic heterocycles. The van der Waals surface area contributed by atoms with E-state index in [1.165, 1.54) is 48.1 Å². The minimum absolute atomic E-state index is 0.180. The minimum atomic E-state index is -0.396. The smallest absolute Gasteiger partial charge is 0.163 e. The lowest BCUT2D eigenvalue weighted by molar-refractivity contribution is 0.0466. The maximum absolute atomic E-state index is 15.6. The predicted molar refractivity (Wildman–Crippen MR) is 213 cm³/mol. The third-order valence-electron chi connectivity index (χ3n) is 12.0. The number of methoxy groups -OCH3 is 1. The number of Topliss-reactive ketones (excluding diaryl/α,β-unsaturated/α-hetero) is 1. The van der Waals surface area contributed by atoms with Crippen molar-refractivity contribution in [1.29, 1.82) is 0 Å². The Balaban J connectivity index is 0.917. The van der Waals surface area contributed by atoms with E-state index in [4.69, 9.17) is 9.47 Å². The van der Waals surface area contributed by atoms with Gasteiger partial charge in [-0.05, 0) is 109 Å². The van der Waals surface area contributed by atoms with Gasteiger partial charge in [0.1, 0.15) is 28.7 Å². The number of carbonyl (C=O) groups excluding carboxylic acids is 1. The summed E-state index contributed by atoms with van der Waals surface area (Å²) in [5.74, 6) is 2.30. The molecule has 1 aliphatic heterocycles. The van der Waals surface area contributed by atoms with Crippen LogP contribution in [0.5, 0.6) is 17.2 Å². The van der Waals surface area contributed by atoms with Crippen molar-refractivity contribution in [2.24, 2.45) is 5.41 Å². The maximum atomic E-state index is 15.6. The van der Waals surface area contributed by atoms with Crippen LogP contribution in [0, 0.1) is 11.2 Å². The van der Waals surface area contributed by atoms with Gasteiger partial charge in [-0.15, -0.1) is 0 Å². The number of hydrogen-bond acceptors (Lipinski definition) is 7. The molecule has 8 nitrogen and oxygen atoms in total. The molecule has 0 unspecified atom stereocenters. The number of benzene rings is 3. The van der Waals surface area contributed by atoms with Crippen LogP contribution in [0.3, 0.4) is 0 Å². The number of rotatable bonds is 14. The molecule has 2 aliphatic carbocycles. The average Bonchev–Trinajstić information content (AvgIpc) is 3.90. The van der Waals surface area contributed by atoms with Crippen molar-refractivity contribution < 1.29 is 18.7 Å². The molecular weight excluding hydrogens is 678 g/mol. The molecule has 1 spiro atoms. The molecular formula is C45H52FN5O3. The zero-order chi connectivity index (χ0) is 37.4. The first-order valence-electron chi connectivity index (χ1n) is 19.6. The Bertz CT molecular complexity index is 2130. The number of piperidine rings is 1. The first kappa shape index (κ1) is 36.3. The van der Waals surface area contributed by atoms with Gasteiger partial charge in [-0.25, -0.2) is 9.37 Å². The van der Waals surface area contributed by atoms with Crippen molar-refractivity contribution in [2.45, 2.75) is 89.8 Å². The third kappa shape index (κ3) is 7.62. The largest absolute Gasteiger partial charge is 0.496 e. The molecule has 3 aromatic carbocycles. The maximum Gasteiger partial charge on any atom is 0.163 e. The molecule has 1 atom stereocenters. The van der Waals surface area contributed by atoms with Crippen molar-refractivity contribution in [3.05, 3.63) is 113 Å². The van der Waals surface area contributed by atoms with E-state index >= 15 is 4.39 Å². The summed E-state index contributed by atoms with van der Waals surface area (Å²) in [4.78, 5) is 22.1. The molecule has 0 radical (unpaired) electrons. The van der Waals surface area contributed by atoms with E-state index in [1.54, 1.807) is 19.4 Å². The number of fused-ring (bicyclic) bond motifs is 1. The highest BCUT2D eigenvalue weighted by molar-refractivity contribution is 5.97. The van der Waals surface area contributed by atoms with E-state index in [2.05, 4.69) is 81.8 Å². The van der Waals surface area contributed by atoms with Gasteiger partial charge >= 0.3 is 0 Å². The van der Waals surface area contributed by atoms with Crippen LogP contribution in [0.15, 0.2) is 79.1 Å². The summed E-state index contributed by atoms with van der Waals surface area (Å²) in [6.45, 7) is 9.09. The van der Waals surface area contributed by atoms with E-state index in [1.807, 2.05) is 18.3 Å². The van der Waals surface area contributed by atoms with Crippen LogP contribution < -0.4 is 25.0 Å². The number of aromatic amines is 1. The number of nitrogens with zero attached hydrogens (tertiary/aromatic N) is 2. The van der Waals surface area contributed by atoms with Crippen LogP contribution in [0.2, 0.25) is 0 Å². The van der Waals surface area contributed by atoms with E-state index < -0.39 is 5.82 Å². The van der Waals surface area contributed by atoms with Crippen LogP contribution in [0.25, 0.3) is 11.0 Å². The van der Waals surface area contributed by atoms with E-state index in [0.717, 1.165) is 68.6 Å². The number of anilines is 1. The summed E-state index contributed by atoms with van der Waals surface area (Å²) >= 11 is 0. The molecule has 3 N–H and O–H groups in total. The molecule has 0 bridgehead atoms. The number of carbonyl (C=O) groups is 1. The van der Waals surface area contributed by atoms with Gasteiger partial charge in [-0.1, -0.05) is 50.2 Å². The highest BCUT2D eigenvalue weighted by atomic mass is 19.1. The monoisotopic (exact) mass is 729 g/mol. The Morgan fingerprint density at radius 3 is 2.52 bits per heavy atom. The van der Waals surface area contributed by atoms with Crippen LogP contribution >= 0.6 is 0 Å². The summed E-state index contributed by atoms with van der Waals surface area (Å²) < 4.78 is 27.6. The topological polar surface area (TPSA) is 91.5 Å². The van der Waals surface area contributed by atoms with Crippen molar-refractivity contribution in [3.8, 4) is 17.2 Å². The fourth-order valence-electron chi connectivity index (χ4n) is 8.84. The second-order valence-electron chi connectivity index (χ2n) is 16.1. The Kier molecular flexibility index (Phi) is 10.2. The van der Waals surface area contributed by atoms with Gasteiger partial charge < -0.3 is 30.0 Å². The van der Waals surface area contributed by atoms with E-state index in [0.29, 0.717) is 35.1 Å². The second kappa shape index (κ2) is 15.2. The summed E-state index contributed by atoms with van der Waals surface area (Å²) in [5, 5.41) is 8.75. The lowest BCUT2D eigenvalue weighted by Crippen LogP contribution is -2.55. The molecule has 3 aliphatic rings. The predicted octanol–water partition coefficient (Wildman–Crippen LogP) is 9.58. The van der Waals surface area contributed by atoms with Crippen LogP contribution in [0.4, 0.5) is 10.1 Å². The highest BCUT2D eigenvalue weighted by Crippen LogP contribution is 2.51. The SMILES string of the molecule is COc1cc(CNC[C@H](NC2CC3(CCN(c4cc(Oc5cnc6[nH]ccc6c5)c(C(C)=O)cc4F)CC3)C2)c2ccccc2C(C)C)ccc1C1CC1. The standard InChI is InChI=1S/C45H52FN5O3/c1-28(2)35-7-5-6-8-37(35)40(27-47-25-30-9-12-36(31-10-11-31)42(19-30)53-4)50-33-23-45(24-33)14-17-51(18-15-45)41-22-43(38(29(3)52)21-39(41)46)54-34-20-32-13-16-48-44(32)49-26-34/h5-9,12-13,16,19-22,26,28,31,33,40,47,50H,10-11,14-15,17-18,23-25,27H2,1-4H3,(H,48,49)/t40-/m0/s1. The zero-order valence-electron chi connectivity index (χ0n) is 31.9. The summed E-state index contributed by atoms with van der Waals surface area (Å²) in [6, 6.07) is 22.9. The molecule has 8 rings (SSSR count). The second-order valence-corrected chi connectivity index (χ2v) is 16.1. The number of hydrogen-bond donors (Lipinski definition) is 3. The Morgan fingerprint density at radius 2 is 1.80 bits per heavy atom. The van der Waals surface area contributed by atoms with Gasteiger partial charge in [-0.3, -0.25) is 4.79 Å². The number of pyridine rings is 1. The summed E-state index contributed by atoms with van der Waals surface area (Å²) in [5.41, 5.74) is 7.03. The number of ether oxygens (including phenoxy) is 2. The normalized spacial score (nSPS) is 17.6. The average molecular weight is 730 g/mol. The van der Waals surface area contributed by atoms with Gasteiger partial charge in [0.2, 0.25) is 0 Å². The van der Waals surface area contributed by atoms with Crippen LogP contribution in [-0.2, 0) is 6.54 Å². The first-order chi connectivity index (χ1) is 26.2. The molecule has 282 valence electrons. The van der Waals surface area contributed by atoms with E-state index in [-0.39, 0.29) is 22.8 Å². The molecule has 1 saturated heterocycles. The van der Waals surface area contributed by atoms with Crippen molar-refractivity contribution >= 4 is 22.5 Å². The number of halogens is 1. The van der Waals surface area contributed by atoms with Gasteiger partial charge in [0.25, 0.3) is 0 Å². The van der Waals surface area contributed by atoms with Crippen molar-refractivity contribution in [2.75, 3.05) is 31.6 Å². The molecule has 3 fully saturated rings. The lowest BCUT2D eigenvalue weighted by Gasteiger charge is -2.53. The Morgan fingerprint density at radius 1 is 1.02 bits per heavy atom. The van der Waals surface area contributed by atoms with Crippen molar-refractivity contribution in [3.63, 3.8) is 0 Å². The zero-order valence-corrected chi connectivity index (χ0v) is 31.9. The fourth-order valence-corrected chi connectivity index (χ4v) is 8.84. The highest BCUT2D eigenvalue weighted by Gasteiger charge is 2.46. The Hall–Kier alpha value is -4.73. The minimum Gasteiger partial charge on any atom is -0.496 e. The number of H-pyrrole nitrogens is 1. The molecule has 2 saturated carbocycles. The number of aromatic nitrogens is 2. The molecule has 0 amide bonds. The fraction of sp³-hybridized carbons (Fsp3) is 0.422. The summed E-state index contributed by atoms with van der Waals surface area (Å²) in [7, 11) is 1.78. The first-order valence-corrected chi connectivity index (χ1v) is 19.6. The molecule has 3 heterocycles. The Labute approximate surface area is 317 Å². The van der Waals surface area contributed by atoms with Crippen LogP contribution in [-0.4, -0.2) is 48.5 Å². The number of ketones is 1. The molecule has 9 heteroatoms. The third-order valence-corrected chi connectivity index (χ3v) is 12.0. The molecule has 5 aromatic rings. The van der Waals surface area contributed by atoms with Gasteiger partial charge in [0.05, 0.1) is 24.6 Å². The lowest BCUT2D eigenvalue weighted by atomic mass is 9.60. The quantitative estimate of drug-likeness (QED) is 0.0981.